The highest BCUT2D eigenvalue weighted by Gasteiger charge is 2.27. The molecule has 3 aromatic carbocycles. The molecule has 0 spiro atoms. The molecule has 1 atom stereocenters. The Labute approximate surface area is 203 Å². The van der Waals surface area contributed by atoms with Gasteiger partial charge >= 0.3 is 0 Å². The molecule has 0 aliphatic carbocycles. The SMILES string of the molecule is CCOc1ccc(CN[C@@H](Cc2ccccc2)C(=O)N2CCN(Cc3ccccc3)CC2)cc1. The first-order chi connectivity index (χ1) is 16.7. The van der Waals surface area contributed by atoms with Gasteiger partial charge in [0.25, 0.3) is 0 Å². The number of rotatable bonds is 10. The van der Waals surface area contributed by atoms with E-state index in [1.54, 1.807) is 0 Å². The number of ether oxygens (including phenoxy) is 1. The Balaban J connectivity index is 1.36. The Bertz CT molecular complexity index is 1000. The van der Waals surface area contributed by atoms with E-state index in [9.17, 15) is 4.79 Å². The summed E-state index contributed by atoms with van der Waals surface area (Å²) in [6.45, 7) is 7.55. The summed E-state index contributed by atoms with van der Waals surface area (Å²) in [6.07, 6.45) is 0.681. The minimum atomic E-state index is -0.255. The lowest BCUT2D eigenvalue weighted by Crippen LogP contribution is -2.54. The summed E-state index contributed by atoms with van der Waals surface area (Å²) in [4.78, 5) is 18.0. The minimum absolute atomic E-state index is 0.189. The topological polar surface area (TPSA) is 44.8 Å². The van der Waals surface area contributed by atoms with Crippen LogP contribution in [0.1, 0.15) is 23.6 Å². The van der Waals surface area contributed by atoms with Crippen molar-refractivity contribution in [2.45, 2.75) is 32.5 Å². The number of hydrogen-bond acceptors (Lipinski definition) is 4. The molecule has 0 bridgehead atoms. The maximum atomic E-state index is 13.6. The van der Waals surface area contributed by atoms with Gasteiger partial charge in [0.15, 0.2) is 0 Å². The van der Waals surface area contributed by atoms with Gasteiger partial charge in [-0.3, -0.25) is 9.69 Å². The third-order valence-corrected chi connectivity index (χ3v) is 6.30. The fourth-order valence-electron chi connectivity index (χ4n) is 4.40. The molecule has 1 aliphatic heterocycles. The van der Waals surface area contributed by atoms with Gasteiger partial charge in [-0.05, 0) is 42.2 Å². The molecule has 1 N–H and O–H groups in total. The molecule has 1 fully saturated rings. The molecule has 3 aromatic rings. The van der Waals surface area contributed by atoms with Gasteiger partial charge < -0.3 is 15.0 Å². The standard InChI is InChI=1S/C29H35N3O2/c1-2-34-27-15-13-25(14-16-27)22-30-28(21-24-9-5-3-6-10-24)29(33)32-19-17-31(18-20-32)23-26-11-7-4-8-12-26/h3-16,28,30H,2,17-23H2,1H3/t28-/m0/s1. The summed E-state index contributed by atoms with van der Waals surface area (Å²) in [7, 11) is 0. The van der Waals surface area contributed by atoms with Crippen molar-refractivity contribution in [1.29, 1.82) is 0 Å². The third-order valence-electron chi connectivity index (χ3n) is 6.30. The third kappa shape index (κ3) is 6.92. The maximum absolute atomic E-state index is 13.6. The maximum Gasteiger partial charge on any atom is 0.240 e. The van der Waals surface area contributed by atoms with E-state index >= 15 is 0 Å². The summed E-state index contributed by atoms with van der Waals surface area (Å²) in [5.41, 5.74) is 3.63. The number of carbonyl (C=O) groups is 1. The van der Waals surface area contributed by atoms with E-state index in [2.05, 4.69) is 58.7 Å². The van der Waals surface area contributed by atoms with Crippen LogP contribution in [0.15, 0.2) is 84.9 Å². The van der Waals surface area contributed by atoms with Gasteiger partial charge in [0.2, 0.25) is 5.91 Å². The van der Waals surface area contributed by atoms with E-state index in [4.69, 9.17) is 4.74 Å². The predicted octanol–water partition coefficient (Wildman–Crippen LogP) is 4.13. The van der Waals surface area contributed by atoms with Crippen molar-refractivity contribution < 1.29 is 9.53 Å². The van der Waals surface area contributed by atoms with Gasteiger partial charge in [0, 0.05) is 39.3 Å². The second-order valence-electron chi connectivity index (χ2n) is 8.79. The largest absolute Gasteiger partial charge is 0.494 e. The highest BCUT2D eigenvalue weighted by Crippen LogP contribution is 2.14. The van der Waals surface area contributed by atoms with Gasteiger partial charge in [-0.2, -0.15) is 0 Å². The van der Waals surface area contributed by atoms with Crippen LogP contribution >= 0.6 is 0 Å². The number of nitrogens with one attached hydrogen (secondary N) is 1. The molecule has 0 saturated carbocycles. The van der Waals surface area contributed by atoms with E-state index in [-0.39, 0.29) is 11.9 Å². The summed E-state index contributed by atoms with van der Waals surface area (Å²) in [5, 5.41) is 3.54. The second-order valence-corrected chi connectivity index (χ2v) is 8.79. The monoisotopic (exact) mass is 457 g/mol. The van der Waals surface area contributed by atoms with Crippen molar-refractivity contribution in [2.24, 2.45) is 0 Å². The van der Waals surface area contributed by atoms with Gasteiger partial charge in [0.05, 0.1) is 12.6 Å². The van der Waals surface area contributed by atoms with Gasteiger partial charge in [-0.15, -0.1) is 0 Å². The van der Waals surface area contributed by atoms with E-state index in [1.807, 2.05) is 48.2 Å². The number of nitrogens with zero attached hydrogens (tertiary/aromatic N) is 2. The Hall–Kier alpha value is -3.15. The fourth-order valence-corrected chi connectivity index (χ4v) is 4.40. The molecule has 1 saturated heterocycles. The lowest BCUT2D eigenvalue weighted by molar-refractivity contribution is -0.135. The zero-order chi connectivity index (χ0) is 23.6. The summed E-state index contributed by atoms with van der Waals surface area (Å²) in [6, 6.07) is 28.7. The molecular formula is C29H35N3O2. The van der Waals surface area contributed by atoms with Crippen LogP contribution in [0.4, 0.5) is 0 Å². The van der Waals surface area contributed by atoms with Crippen LogP contribution in [-0.4, -0.2) is 54.5 Å². The average Bonchev–Trinajstić information content (AvgIpc) is 2.89. The van der Waals surface area contributed by atoms with Gasteiger partial charge in [0.1, 0.15) is 5.75 Å². The molecule has 5 nitrogen and oxygen atoms in total. The molecular weight excluding hydrogens is 422 g/mol. The molecule has 1 heterocycles. The molecule has 5 heteroatoms. The molecule has 34 heavy (non-hydrogen) atoms. The second kappa shape index (κ2) is 12.4. The number of hydrogen-bond donors (Lipinski definition) is 1. The first kappa shape index (κ1) is 24.0. The van der Waals surface area contributed by atoms with Crippen molar-refractivity contribution in [2.75, 3.05) is 32.8 Å². The molecule has 0 aromatic heterocycles. The van der Waals surface area contributed by atoms with Crippen LogP contribution in [0, 0.1) is 0 Å². The van der Waals surface area contributed by atoms with Crippen LogP contribution in [0.2, 0.25) is 0 Å². The van der Waals surface area contributed by atoms with Gasteiger partial charge in [-0.1, -0.05) is 72.8 Å². The molecule has 1 aliphatic rings. The van der Waals surface area contributed by atoms with Crippen molar-refractivity contribution in [3.63, 3.8) is 0 Å². The average molecular weight is 458 g/mol. The Morgan fingerprint density at radius 2 is 1.44 bits per heavy atom. The first-order valence-electron chi connectivity index (χ1n) is 12.3. The van der Waals surface area contributed by atoms with Crippen LogP contribution in [0.25, 0.3) is 0 Å². The lowest BCUT2D eigenvalue weighted by Gasteiger charge is -2.36. The Morgan fingerprint density at radius 3 is 2.06 bits per heavy atom. The molecule has 178 valence electrons. The highest BCUT2D eigenvalue weighted by molar-refractivity contribution is 5.82. The molecule has 0 radical (unpaired) electrons. The quantitative estimate of drug-likeness (QED) is 0.497. The van der Waals surface area contributed by atoms with Gasteiger partial charge in [-0.25, -0.2) is 0 Å². The summed E-state index contributed by atoms with van der Waals surface area (Å²) in [5.74, 6) is 1.06. The van der Waals surface area contributed by atoms with Crippen molar-refractivity contribution in [3.05, 3.63) is 102 Å². The Kier molecular flexibility index (Phi) is 8.71. The molecule has 0 unspecified atom stereocenters. The van der Waals surface area contributed by atoms with Crippen LogP contribution in [-0.2, 0) is 24.3 Å². The first-order valence-corrected chi connectivity index (χ1v) is 12.3. The minimum Gasteiger partial charge on any atom is -0.494 e. The normalized spacial score (nSPS) is 15.1. The summed E-state index contributed by atoms with van der Waals surface area (Å²) >= 11 is 0. The fraction of sp³-hybridized carbons (Fsp3) is 0.345. The predicted molar refractivity (Wildman–Crippen MR) is 137 cm³/mol. The van der Waals surface area contributed by atoms with Crippen molar-refractivity contribution >= 4 is 5.91 Å². The van der Waals surface area contributed by atoms with Crippen LogP contribution < -0.4 is 10.1 Å². The van der Waals surface area contributed by atoms with Crippen LogP contribution in [0.5, 0.6) is 5.75 Å². The molecule has 1 amide bonds. The number of benzene rings is 3. The van der Waals surface area contributed by atoms with Crippen LogP contribution in [0.3, 0.4) is 0 Å². The Morgan fingerprint density at radius 1 is 0.824 bits per heavy atom. The highest BCUT2D eigenvalue weighted by atomic mass is 16.5. The van der Waals surface area contributed by atoms with E-state index in [1.165, 1.54) is 11.1 Å². The number of carbonyl (C=O) groups excluding carboxylic acids is 1. The smallest absolute Gasteiger partial charge is 0.240 e. The zero-order valence-corrected chi connectivity index (χ0v) is 20.0. The van der Waals surface area contributed by atoms with Crippen molar-refractivity contribution in [1.82, 2.24) is 15.1 Å². The van der Waals surface area contributed by atoms with E-state index < -0.39 is 0 Å². The lowest BCUT2D eigenvalue weighted by atomic mass is 10.0. The number of amides is 1. The van der Waals surface area contributed by atoms with E-state index in [0.29, 0.717) is 19.6 Å². The van der Waals surface area contributed by atoms with Crippen molar-refractivity contribution in [3.8, 4) is 5.75 Å². The summed E-state index contributed by atoms with van der Waals surface area (Å²) < 4.78 is 5.54. The zero-order valence-electron chi connectivity index (χ0n) is 20.0. The van der Waals surface area contributed by atoms with E-state index in [0.717, 1.165) is 44.0 Å². The molecule has 4 rings (SSSR count). The number of piperazine rings is 1.